The zero-order chi connectivity index (χ0) is 36.3. The monoisotopic (exact) mass is 723 g/mol. The van der Waals surface area contributed by atoms with E-state index in [0.29, 0.717) is 24.2 Å². The average molecular weight is 724 g/mol. The molecule has 264 valence electrons. The lowest BCUT2D eigenvalue weighted by molar-refractivity contribution is -0.117. The average Bonchev–Trinajstić information content (AvgIpc) is 3.83. The van der Waals surface area contributed by atoms with Crippen LogP contribution in [0.4, 0.5) is 20.2 Å². The zero-order valence-corrected chi connectivity index (χ0v) is 28.7. The second-order valence-corrected chi connectivity index (χ2v) is 12.7. The van der Waals surface area contributed by atoms with Gasteiger partial charge in [0.2, 0.25) is 11.8 Å². The van der Waals surface area contributed by atoms with Gasteiger partial charge in [0.15, 0.2) is 0 Å². The number of aryl methyl sites for hydroxylation is 2. The molecule has 0 unspecified atom stereocenters. The van der Waals surface area contributed by atoms with Crippen molar-refractivity contribution in [1.29, 1.82) is 0 Å². The predicted molar refractivity (Wildman–Crippen MR) is 191 cm³/mol. The van der Waals surface area contributed by atoms with Crippen molar-refractivity contribution >= 4 is 31.4 Å². The Morgan fingerprint density at radius 1 is 0.596 bits per heavy atom. The lowest BCUT2D eigenvalue weighted by atomic mass is 10.2. The normalized spacial score (nSPS) is 11.0. The Morgan fingerprint density at radius 2 is 0.981 bits per heavy atom. The number of benzene rings is 4. The first-order chi connectivity index (χ1) is 25.3. The van der Waals surface area contributed by atoms with E-state index < -0.39 is 8.25 Å². The van der Waals surface area contributed by atoms with Crippen molar-refractivity contribution in [2.75, 3.05) is 10.6 Å². The third-order valence-electron chi connectivity index (χ3n) is 8.00. The maximum atomic E-state index is 13.3. The van der Waals surface area contributed by atoms with Gasteiger partial charge in [-0.3, -0.25) is 9.59 Å². The summed E-state index contributed by atoms with van der Waals surface area (Å²) in [4.78, 5) is 33.5. The van der Waals surface area contributed by atoms with Crippen molar-refractivity contribution < 1.29 is 32.0 Å². The van der Waals surface area contributed by atoms with E-state index in [0.717, 1.165) is 33.9 Å². The van der Waals surface area contributed by atoms with Gasteiger partial charge in [0, 0.05) is 63.9 Å². The third kappa shape index (κ3) is 10.1. The van der Waals surface area contributed by atoms with Crippen LogP contribution in [0.25, 0.3) is 11.4 Å². The number of amides is 2. The van der Waals surface area contributed by atoms with Gasteiger partial charge in [0.05, 0.1) is 12.7 Å². The molecule has 0 aliphatic heterocycles. The van der Waals surface area contributed by atoms with Gasteiger partial charge in [-0.25, -0.2) is 18.7 Å². The van der Waals surface area contributed by atoms with Gasteiger partial charge >= 0.3 is 8.25 Å². The van der Waals surface area contributed by atoms with Gasteiger partial charge in [-0.1, -0.05) is 24.3 Å². The quantitative estimate of drug-likeness (QED) is 0.0973. The maximum Gasteiger partial charge on any atom is 0.698 e. The van der Waals surface area contributed by atoms with Crippen molar-refractivity contribution in [2.24, 2.45) is 0 Å². The topological polar surface area (TPSA) is 129 Å². The van der Waals surface area contributed by atoms with Crippen LogP contribution in [-0.4, -0.2) is 30.9 Å². The van der Waals surface area contributed by atoms with Gasteiger partial charge in [0.25, 0.3) is 0 Å². The molecule has 0 radical (unpaired) electrons. The van der Waals surface area contributed by atoms with E-state index >= 15 is 0 Å². The number of rotatable bonds is 16. The summed E-state index contributed by atoms with van der Waals surface area (Å²) in [6.45, 7) is 0.0962. The Bertz CT molecular complexity index is 1970. The van der Waals surface area contributed by atoms with Crippen LogP contribution in [0.1, 0.15) is 35.4 Å². The Labute approximate surface area is 299 Å². The Kier molecular flexibility index (Phi) is 12.0. The minimum atomic E-state index is -2.40. The standard InChI is InChI=1S/C38H33F2N6O5P/c39-29-5-13-33(14-6-29)45-25-41-21-35(45)17-19-37(47)43-31-9-1-27(2-10-31)23-50-52(49)51-24-28-3-11-32(12-4-28)44-38(48)20-18-36-22-42-26-46(36)34-15-7-30(40)8-16-34/h1-16,21-22,25-26H,17-20,23-24H2,(H-,43,44,47,48)/p+1. The van der Waals surface area contributed by atoms with E-state index in [1.807, 2.05) is 9.13 Å². The fraction of sp³-hybridized carbons (Fsp3) is 0.158. The van der Waals surface area contributed by atoms with E-state index in [4.69, 9.17) is 9.05 Å². The predicted octanol–water partition coefficient (Wildman–Crippen LogP) is 7.87. The van der Waals surface area contributed by atoms with Crippen LogP contribution in [0.5, 0.6) is 0 Å². The first-order valence-electron chi connectivity index (χ1n) is 16.3. The van der Waals surface area contributed by atoms with Crippen molar-refractivity contribution in [3.8, 4) is 11.4 Å². The number of nitrogens with zero attached hydrogens (tertiary/aromatic N) is 4. The minimum absolute atomic E-state index is 0.0481. The molecule has 2 amide bonds. The molecule has 2 heterocycles. The van der Waals surface area contributed by atoms with Crippen molar-refractivity contribution in [2.45, 2.75) is 38.9 Å². The molecule has 52 heavy (non-hydrogen) atoms. The summed E-state index contributed by atoms with van der Waals surface area (Å²) in [6, 6.07) is 26.1. The van der Waals surface area contributed by atoms with Crippen molar-refractivity contribution in [3.63, 3.8) is 0 Å². The number of carbonyl (C=O) groups excluding carboxylic acids is 2. The summed E-state index contributed by atoms with van der Waals surface area (Å²) in [7, 11) is -2.40. The minimum Gasteiger partial charge on any atom is -0.326 e. The van der Waals surface area contributed by atoms with E-state index in [-0.39, 0.29) is 49.5 Å². The summed E-state index contributed by atoms with van der Waals surface area (Å²) in [5, 5.41) is 5.72. The smallest absolute Gasteiger partial charge is 0.326 e. The zero-order valence-electron chi connectivity index (χ0n) is 27.8. The number of halogens is 2. The molecular weight excluding hydrogens is 689 g/mol. The van der Waals surface area contributed by atoms with Gasteiger partial charge in [-0.2, -0.15) is 0 Å². The summed E-state index contributed by atoms with van der Waals surface area (Å²) >= 11 is 0. The fourth-order valence-electron chi connectivity index (χ4n) is 5.27. The third-order valence-corrected chi connectivity index (χ3v) is 8.68. The molecule has 0 aliphatic carbocycles. The molecule has 0 aliphatic rings. The van der Waals surface area contributed by atoms with Crippen LogP contribution in [0.2, 0.25) is 0 Å². The maximum absolute atomic E-state index is 13.3. The van der Waals surface area contributed by atoms with E-state index in [1.54, 1.807) is 97.8 Å². The molecule has 6 rings (SSSR count). The second kappa shape index (κ2) is 17.4. The van der Waals surface area contributed by atoms with Gasteiger partial charge in [-0.15, -0.1) is 9.05 Å². The SMILES string of the molecule is O=C(CCc1cncn1-c1ccc(F)cc1)Nc1ccc(CO[P+](=O)OCc2ccc(NC(=O)CCc3cncn3-c3ccc(F)cc3)cc2)cc1. The molecule has 6 aromatic rings. The van der Waals surface area contributed by atoms with Crippen molar-refractivity contribution in [3.05, 3.63) is 156 Å². The first-order valence-corrected chi connectivity index (χ1v) is 17.4. The summed E-state index contributed by atoms with van der Waals surface area (Å²) < 4.78 is 53.3. The fourth-order valence-corrected chi connectivity index (χ4v) is 5.86. The number of carbonyl (C=O) groups is 2. The van der Waals surface area contributed by atoms with Crippen LogP contribution in [0, 0.1) is 11.6 Å². The Morgan fingerprint density at radius 3 is 1.37 bits per heavy atom. The molecule has 2 aromatic heterocycles. The molecule has 0 fully saturated rings. The molecule has 0 saturated heterocycles. The van der Waals surface area contributed by atoms with Crippen LogP contribution in [0.15, 0.2) is 122 Å². The summed E-state index contributed by atoms with van der Waals surface area (Å²) in [5.41, 5.74) is 5.87. The number of anilines is 2. The largest absolute Gasteiger partial charge is 0.698 e. The van der Waals surface area contributed by atoms with Crippen LogP contribution >= 0.6 is 8.25 Å². The molecule has 0 atom stereocenters. The Balaban J connectivity index is 0.877. The van der Waals surface area contributed by atoms with Crippen molar-refractivity contribution in [1.82, 2.24) is 19.1 Å². The number of nitrogens with one attached hydrogen (secondary N) is 2. The van der Waals surface area contributed by atoms with Gasteiger partial charge < -0.3 is 19.8 Å². The highest BCUT2D eigenvalue weighted by Crippen LogP contribution is 2.28. The lowest BCUT2D eigenvalue weighted by Crippen LogP contribution is -2.13. The number of aromatic nitrogens is 4. The number of imidazole rings is 2. The number of hydrogen-bond donors (Lipinski definition) is 2. The van der Waals surface area contributed by atoms with E-state index in [1.165, 1.54) is 24.3 Å². The van der Waals surface area contributed by atoms with E-state index in [2.05, 4.69) is 20.6 Å². The highest BCUT2D eigenvalue weighted by Gasteiger charge is 2.21. The van der Waals surface area contributed by atoms with Gasteiger partial charge in [-0.05, 0) is 96.8 Å². The van der Waals surface area contributed by atoms with Crippen LogP contribution in [0.3, 0.4) is 0 Å². The summed E-state index contributed by atoms with van der Waals surface area (Å²) in [6.07, 6.45) is 7.95. The molecule has 4 aromatic carbocycles. The highest BCUT2D eigenvalue weighted by molar-refractivity contribution is 7.33. The van der Waals surface area contributed by atoms with Crippen LogP contribution < -0.4 is 10.6 Å². The van der Waals surface area contributed by atoms with Crippen LogP contribution in [-0.2, 0) is 49.3 Å². The molecule has 11 nitrogen and oxygen atoms in total. The molecule has 0 spiro atoms. The van der Waals surface area contributed by atoms with Gasteiger partial charge in [0.1, 0.15) is 24.8 Å². The second-order valence-electron chi connectivity index (χ2n) is 11.7. The summed E-state index contributed by atoms with van der Waals surface area (Å²) in [5.74, 6) is -1.00. The molecule has 0 saturated carbocycles. The highest BCUT2D eigenvalue weighted by atomic mass is 31.1. The van der Waals surface area contributed by atoms with E-state index in [9.17, 15) is 22.9 Å². The molecule has 0 bridgehead atoms. The number of hydrogen-bond acceptors (Lipinski definition) is 7. The Hall–Kier alpha value is -5.88. The molecular formula is C38H34F2N6O5P+. The lowest BCUT2D eigenvalue weighted by Gasteiger charge is -2.09. The molecule has 14 heteroatoms. The molecule has 2 N–H and O–H groups in total. The first kappa shape index (κ1) is 35.9.